The zero-order valence-electron chi connectivity index (χ0n) is 11.0. The van der Waals surface area contributed by atoms with E-state index < -0.39 is 0 Å². The largest absolute Gasteiger partial charge is 0.496 e. The van der Waals surface area contributed by atoms with E-state index in [1.807, 2.05) is 19.9 Å². The van der Waals surface area contributed by atoms with Crippen molar-refractivity contribution in [3.05, 3.63) is 33.8 Å². The molecule has 0 radical (unpaired) electrons. The Morgan fingerprint density at radius 2 is 2.21 bits per heavy atom. The minimum Gasteiger partial charge on any atom is -0.496 e. The van der Waals surface area contributed by atoms with Crippen molar-refractivity contribution in [1.29, 1.82) is 5.26 Å². The Balaban J connectivity index is 3.02. The lowest BCUT2D eigenvalue weighted by molar-refractivity contribution is -0.117. The number of carbonyl (C=O) groups is 1. The fourth-order valence-electron chi connectivity index (χ4n) is 1.43. The third-order valence-electron chi connectivity index (χ3n) is 2.27. The predicted octanol–water partition coefficient (Wildman–Crippen LogP) is 2.89. The van der Waals surface area contributed by atoms with E-state index in [1.54, 1.807) is 31.4 Å². The maximum atomic E-state index is 11.8. The lowest BCUT2D eigenvalue weighted by atomic mass is 10.1. The van der Waals surface area contributed by atoms with Crippen LogP contribution < -0.4 is 10.1 Å². The number of ether oxygens (including phenoxy) is 1. The average Bonchev–Trinajstić information content (AvgIpc) is 2.35. The molecule has 0 aliphatic heterocycles. The van der Waals surface area contributed by atoms with Gasteiger partial charge in [-0.2, -0.15) is 5.26 Å². The molecule has 0 saturated heterocycles. The number of carbonyl (C=O) groups excluding carboxylic acids is 1. The summed E-state index contributed by atoms with van der Waals surface area (Å²) in [7, 11) is 1.58. The predicted molar refractivity (Wildman–Crippen MR) is 77.6 cm³/mol. The molecule has 1 N–H and O–H groups in total. The number of nitrogens with one attached hydrogen (secondary N) is 1. The molecule has 4 nitrogen and oxygen atoms in total. The van der Waals surface area contributed by atoms with Crippen LogP contribution in [0.4, 0.5) is 0 Å². The van der Waals surface area contributed by atoms with E-state index in [0.29, 0.717) is 5.75 Å². The van der Waals surface area contributed by atoms with E-state index in [4.69, 9.17) is 10.00 Å². The van der Waals surface area contributed by atoms with Gasteiger partial charge in [-0.15, -0.1) is 0 Å². The molecule has 1 aromatic rings. The van der Waals surface area contributed by atoms with Crippen LogP contribution in [-0.4, -0.2) is 19.1 Å². The van der Waals surface area contributed by atoms with Crippen LogP contribution in [0.5, 0.6) is 5.75 Å². The summed E-state index contributed by atoms with van der Waals surface area (Å²) in [6.45, 7) is 3.69. The highest BCUT2D eigenvalue weighted by Crippen LogP contribution is 2.26. The van der Waals surface area contributed by atoms with Crippen LogP contribution in [-0.2, 0) is 4.79 Å². The normalized spacial score (nSPS) is 11.1. The summed E-state index contributed by atoms with van der Waals surface area (Å²) < 4.78 is 5.89. The number of hydrogen-bond acceptors (Lipinski definition) is 3. The second-order valence-corrected chi connectivity index (χ2v) is 5.05. The van der Waals surface area contributed by atoms with Crippen LogP contribution in [0.3, 0.4) is 0 Å². The van der Waals surface area contributed by atoms with Crippen molar-refractivity contribution in [2.45, 2.75) is 19.9 Å². The van der Waals surface area contributed by atoms with Crippen molar-refractivity contribution in [1.82, 2.24) is 5.32 Å². The van der Waals surface area contributed by atoms with Crippen molar-refractivity contribution in [3.63, 3.8) is 0 Å². The smallest absolute Gasteiger partial charge is 0.262 e. The van der Waals surface area contributed by atoms with Crippen molar-refractivity contribution < 1.29 is 9.53 Å². The van der Waals surface area contributed by atoms with Gasteiger partial charge < -0.3 is 10.1 Å². The van der Waals surface area contributed by atoms with Crippen molar-refractivity contribution >= 4 is 27.9 Å². The third-order valence-corrected chi connectivity index (χ3v) is 2.89. The zero-order valence-corrected chi connectivity index (χ0v) is 12.6. The van der Waals surface area contributed by atoms with Crippen LogP contribution in [0, 0.1) is 11.3 Å². The van der Waals surface area contributed by atoms with Crippen LogP contribution >= 0.6 is 15.9 Å². The summed E-state index contributed by atoms with van der Waals surface area (Å²) >= 11 is 3.36. The van der Waals surface area contributed by atoms with E-state index in [1.165, 1.54) is 0 Å². The fraction of sp³-hybridized carbons (Fsp3) is 0.286. The van der Waals surface area contributed by atoms with Gasteiger partial charge in [-0.1, -0.05) is 6.07 Å². The number of nitrogens with zero attached hydrogens (tertiary/aromatic N) is 1. The minimum absolute atomic E-state index is 0.00754. The Morgan fingerprint density at radius 1 is 1.53 bits per heavy atom. The molecule has 0 heterocycles. The van der Waals surface area contributed by atoms with Crippen molar-refractivity contribution in [2.24, 2.45) is 0 Å². The third kappa shape index (κ3) is 4.42. The Bertz CT molecular complexity index is 545. The number of hydrogen-bond donors (Lipinski definition) is 1. The average molecular weight is 323 g/mol. The first kappa shape index (κ1) is 15.3. The van der Waals surface area contributed by atoms with Gasteiger partial charge >= 0.3 is 0 Å². The van der Waals surface area contributed by atoms with Gasteiger partial charge in [-0.05, 0) is 53.5 Å². The Labute approximate surface area is 121 Å². The number of benzene rings is 1. The molecule has 5 heteroatoms. The first-order chi connectivity index (χ1) is 8.97. The molecule has 0 spiro atoms. The molecule has 0 aliphatic rings. The fourth-order valence-corrected chi connectivity index (χ4v) is 1.99. The standard InChI is InChI=1S/C14H15BrN2O2/c1-9(2)17-14(18)11(8-16)6-10-4-5-13(19-3)12(15)7-10/h4-7,9H,1-3H3,(H,17,18)/b11-6-. The Hall–Kier alpha value is -1.80. The Morgan fingerprint density at radius 3 is 2.68 bits per heavy atom. The molecule has 19 heavy (non-hydrogen) atoms. The number of methoxy groups -OCH3 is 1. The maximum absolute atomic E-state index is 11.8. The molecule has 1 aromatic carbocycles. The molecule has 0 fully saturated rings. The number of rotatable bonds is 4. The van der Waals surface area contributed by atoms with Gasteiger partial charge in [0, 0.05) is 6.04 Å². The topological polar surface area (TPSA) is 62.1 Å². The first-order valence-electron chi connectivity index (χ1n) is 5.74. The van der Waals surface area contributed by atoms with E-state index in [9.17, 15) is 4.79 Å². The molecule has 0 atom stereocenters. The van der Waals surface area contributed by atoms with Crippen LogP contribution in [0.15, 0.2) is 28.2 Å². The molecule has 0 aromatic heterocycles. The van der Waals surface area contributed by atoms with E-state index in [0.717, 1.165) is 10.0 Å². The van der Waals surface area contributed by atoms with Gasteiger partial charge in [-0.25, -0.2) is 0 Å². The van der Waals surface area contributed by atoms with Gasteiger partial charge in [0.15, 0.2) is 0 Å². The van der Waals surface area contributed by atoms with Crippen LogP contribution in [0.25, 0.3) is 6.08 Å². The molecule has 0 bridgehead atoms. The van der Waals surface area contributed by atoms with Crippen LogP contribution in [0.2, 0.25) is 0 Å². The van der Waals surface area contributed by atoms with Crippen molar-refractivity contribution in [3.8, 4) is 11.8 Å². The molecule has 1 rings (SSSR count). The van der Waals surface area contributed by atoms with Gasteiger partial charge in [0.1, 0.15) is 17.4 Å². The molecular formula is C14H15BrN2O2. The molecule has 0 saturated carbocycles. The summed E-state index contributed by atoms with van der Waals surface area (Å²) in [5.74, 6) is 0.326. The SMILES string of the molecule is COc1ccc(/C=C(/C#N)C(=O)NC(C)C)cc1Br. The van der Waals surface area contributed by atoms with E-state index in [2.05, 4.69) is 21.2 Å². The molecular weight excluding hydrogens is 308 g/mol. The van der Waals surface area contributed by atoms with Gasteiger partial charge in [0.05, 0.1) is 11.6 Å². The lowest BCUT2D eigenvalue weighted by Gasteiger charge is -2.07. The highest BCUT2D eigenvalue weighted by atomic mass is 79.9. The van der Waals surface area contributed by atoms with E-state index >= 15 is 0 Å². The monoisotopic (exact) mass is 322 g/mol. The first-order valence-corrected chi connectivity index (χ1v) is 6.53. The summed E-state index contributed by atoms with van der Waals surface area (Å²) in [6, 6.07) is 7.24. The van der Waals surface area contributed by atoms with Crippen molar-refractivity contribution in [2.75, 3.05) is 7.11 Å². The molecule has 1 amide bonds. The van der Waals surface area contributed by atoms with Crippen LogP contribution in [0.1, 0.15) is 19.4 Å². The van der Waals surface area contributed by atoms with Gasteiger partial charge in [-0.3, -0.25) is 4.79 Å². The number of nitriles is 1. The van der Waals surface area contributed by atoms with E-state index in [-0.39, 0.29) is 17.5 Å². The van der Waals surface area contributed by atoms with Gasteiger partial charge in [0.2, 0.25) is 0 Å². The Kier molecular flexibility index (Phi) is 5.58. The van der Waals surface area contributed by atoms with Gasteiger partial charge in [0.25, 0.3) is 5.91 Å². The quantitative estimate of drug-likeness (QED) is 0.684. The summed E-state index contributed by atoms with van der Waals surface area (Å²) in [4.78, 5) is 11.8. The molecule has 100 valence electrons. The maximum Gasteiger partial charge on any atom is 0.262 e. The summed E-state index contributed by atoms with van der Waals surface area (Å²) in [6.07, 6.45) is 1.54. The second kappa shape index (κ2) is 6.95. The lowest BCUT2D eigenvalue weighted by Crippen LogP contribution is -2.30. The molecule has 0 unspecified atom stereocenters. The number of amides is 1. The zero-order chi connectivity index (χ0) is 14.4. The minimum atomic E-state index is -0.371. The second-order valence-electron chi connectivity index (χ2n) is 4.19. The summed E-state index contributed by atoms with van der Waals surface area (Å²) in [5, 5.41) is 11.7. The highest BCUT2D eigenvalue weighted by molar-refractivity contribution is 9.10. The summed E-state index contributed by atoms with van der Waals surface area (Å²) in [5.41, 5.74) is 0.828. The molecule has 0 aliphatic carbocycles. The highest BCUT2D eigenvalue weighted by Gasteiger charge is 2.10. The number of halogens is 1.